The van der Waals surface area contributed by atoms with Gasteiger partial charge in [-0.25, -0.2) is 14.3 Å². The summed E-state index contributed by atoms with van der Waals surface area (Å²) in [6.07, 6.45) is -4.55. The van der Waals surface area contributed by atoms with Crippen molar-refractivity contribution in [3.05, 3.63) is 77.7 Å². The molecular formula is C23H18F3N3O5. The molecule has 0 amide bonds. The van der Waals surface area contributed by atoms with Crippen molar-refractivity contribution in [2.24, 2.45) is 0 Å². The monoisotopic (exact) mass is 473 g/mol. The third-order valence-electron chi connectivity index (χ3n) is 4.96. The summed E-state index contributed by atoms with van der Waals surface area (Å²) < 4.78 is 52.9. The van der Waals surface area contributed by atoms with Gasteiger partial charge in [0.05, 0.1) is 37.3 Å². The van der Waals surface area contributed by atoms with E-state index in [-0.39, 0.29) is 11.4 Å². The number of halogens is 3. The number of aliphatic hydroxyl groups is 1. The average Bonchev–Trinajstić information content (AvgIpc) is 3.21. The summed E-state index contributed by atoms with van der Waals surface area (Å²) in [5.74, 6) is -0.558. The molecule has 0 saturated carbocycles. The van der Waals surface area contributed by atoms with E-state index in [2.05, 4.69) is 14.8 Å². The highest BCUT2D eigenvalue weighted by molar-refractivity contribution is 5.87. The molecule has 0 aliphatic carbocycles. The van der Waals surface area contributed by atoms with Crippen LogP contribution >= 0.6 is 0 Å². The molecule has 0 spiro atoms. The second-order valence-corrected chi connectivity index (χ2v) is 7.08. The van der Waals surface area contributed by atoms with Crippen LogP contribution in [0, 0.1) is 0 Å². The Morgan fingerprint density at radius 3 is 2.38 bits per heavy atom. The van der Waals surface area contributed by atoms with E-state index in [1.807, 2.05) is 0 Å². The molecule has 0 fully saturated rings. The van der Waals surface area contributed by atoms with Gasteiger partial charge in [-0.1, -0.05) is 6.07 Å². The number of rotatable bonds is 6. The van der Waals surface area contributed by atoms with E-state index < -0.39 is 24.2 Å². The van der Waals surface area contributed by atoms with E-state index in [0.29, 0.717) is 28.1 Å². The molecule has 0 radical (unpaired) electrons. The van der Waals surface area contributed by atoms with Crippen LogP contribution < -0.4 is 9.47 Å². The number of carbonyl (C=O) groups is 1. The van der Waals surface area contributed by atoms with Gasteiger partial charge in [-0.05, 0) is 48.5 Å². The zero-order valence-electron chi connectivity index (χ0n) is 17.9. The number of alkyl halides is 3. The van der Waals surface area contributed by atoms with Gasteiger partial charge in [-0.3, -0.25) is 0 Å². The molecule has 4 aromatic rings. The van der Waals surface area contributed by atoms with Gasteiger partial charge >= 0.3 is 12.3 Å². The first-order chi connectivity index (χ1) is 16.2. The fourth-order valence-electron chi connectivity index (χ4n) is 3.44. The van der Waals surface area contributed by atoms with Gasteiger partial charge in [0, 0.05) is 11.1 Å². The lowest BCUT2D eigenvalue weighted by atomic mass is 9.99. The second-order valence-electron chi connectivity index (χ2n) is 7.08. The topological polar surface area (TPSA) is 95.2 Å². The first-order valence-corrected chi connectivity index (χ1v) is 9.86. The van der Waals surface area contributed by atoms with Gasteiger partial charge < -0.3 is 19.3 Å². The summed E-state index contributed by atoms with van der Waals surface area (Å²) in [6, 6.07) is 13.0. The van der Waals surface area contributed by atoms with Crippen LogP contribution in [-0.2, 0) is 4.74 Å². The Morgan fingerprint density at radius 2 is 1.74 bits per heavy atom. The number of hydrogen-bond donors (Lipinski definition) is 1. The first-order valence-electron chi connectivity index (χ1n) is 9.86. The molecule has 4 rings (SSSR count). The minimum atomic E-state index is -4.82. The van der Waals surface area contributed by atoms with Crippen LogP contribution in [0.25, 0.3) is 16.8 Å². The van der Waals surface area contributed by atoms with Crippen molar-refractivity contribution in [1.82, 2.24) is 14.6 Å². The van der Waals surface area contributed by atoms with E-state index in [4.69, 9.17) is 9.47 Å². The van der Waals surface area contributed by atoms with Crippen LogP contribution in [0.15, 0.2) is 60.8 Å². The number of pyridine rings is 2. The van der Waals surface area contributed by atoms with Crippen LogP contribution in [0.5, 0.6) is 11.5 Å². The maximum Gasteiger partial charge on any atom is 0.573 e. The second kappa shape index (κ2) is 9.02. The maximum atomic E-state index is 12.5. The molecule has 0 saturated heterocycles. The van der Waals surface area contributed by atoms with Crippen LogP contribution in [0.2, 0.25) is 0 Å². The summed E-state index contributed by atoms with van der Waals surface area (Å²) in [7, 11) is 2.71. The SMILES string of the molecule is COC(=O)c1cccc(C(O)c2c(-c3ccc(OC(F)(F)F)cc3)nn3cc(OC)ccc23)n1. The molecule has 0 aliphatic heterocycles. The lowest BCUT2D eigenvalue weighted by Gasteiger charge is -2.13. The van der Waals surface area contributed by atoms with Crippen molar-refractivity contribution >= 4 is 11.5 Å². The highest BCUT2D eigenvalue weighted by atomic mass is 19.4. The first kappa shape index (κ1) is 23.1. The number of carbonyl (C=O) groups excluding carboxylic acids is 1. The lowest BCUT2D eigenvalue weighted by molar-refractivity contribution is -0.274. The van der Waals surface area contributed by atoms with Gasteiger partial charge in [-0.15, -0.1) is 13.2 Å². The number of benzene rings is 1. The molecule has 0 aliphatic rings. The van der Waals surface area contributed by atoms with Gasteiger partial charge in [0.15, 0.2) is 0 Å². The standard InChI is InChI=1S/C23H18F3N3O5/c1-32-15-10-11-18-19(21(30)16-4-3-5-17(27-16)22(31)33-2)20(28-29(18)12-15)13-6-8-14(9-7-13)34-23(24,25)26/h3-12,21,30H,1-2H3. The minimum absolute atomic E-state index is 0.00685. The van der Waals surface area contributed by atoms with Gasteiger partial charge in [0.1, 0.15) is 23.3 Å². The Hall–Kier alpha value is -4.12. The van der Waals surface area contributed by atoms with Crippen LogP contribution in [0.1, 0.15) is 27.8 Å². The number of hydrogen-bond acceptors (Lipinski definition) is 7. The fourth-order valence-corrected chi connectivity index (χ4v) is 3.44. The minimum Gasteiger partial charge on any atom is -0.495 e. The molecule has 34 heavy (non-hydrogen) atoms. The Morgan fingerprint density at radius 1 is 1.03 bits per heavy atom. The van der Waals surface area contributed by atoms with Crippen molar-refractivity contribution in [1.29, 1.82) is 0 Å². The van der Waals surface area contributed by atoms with Crippen LogP contribution in [-0.4, -0.2) is 46.3 Å². The predicted molar refractivity (Wildman–Crippen MR) is 114 cm³/mol. The molecule has 0 bridgehead atoms. The normalized spacial score (nSPS) is 12.4. The molecular weight excluding hydrogens is 455 g/mol. The number of aliphatic hydroxyl groups excluding tert-OH is 1. The number of fused-ring (bicyclic) bond motifs is 1. The molecule has 3 aromatic heterocycles. The number of ether oxygens (including phenoxy) is 3. The van der Waals surface area contributed by atoms with Crippen molar-refractivity contribution in [3.8, 4) is 22.8 Å². The molecule has 1 N–H and O–H groups in total. The molecule has 3 heterocycles. The quantitative estimate of drug-likeness (QED) is 0.420. The Kier molecular flexibility index (Phi) is 6.12. The predicted octanol–water partition coefficient (Wildman–Crippen LogP) is 4.17. The molecule has 176 valence electrons. The third-order valence-corrected chi connectivity index (χ3v) is 4.96. The largest absolute Gasteiger partial charge is 0.573 e. The van der Waals surface area contributed by atoms with E-state index in [9.17, 15) is 23.1 Å². The van der Waals surface area contributed by atoms with Crippen LogP contribution in [0.3, 0.4) is 0 Å². The van der Waals surface area contributed by atoms with E-state index in [1.165, 1.54) is 43.0 Å². The van der Waals surface area contributed by atoms with Gasteiger partial charge in [-0.2, -0.15) is 5.10 Å². The number of aromatic nitrogens is 3. The van der Waals surface area contributed by atoms with Crippen LogP contribution in [0.4, 0.5) is 13.2 Å². The zero-order chi connectivity index (χ0) is 24.5. The van der Waals surface area contributed by atoms with E-state index in [0.717, 1.165) is 12.1 Å². The smallest absolute Gasteiger partial charge is 0.495 e. The van der Waals surface area contributed by atoms with Gasteiger partial charge in [0.25, 0.3) is 0 Å². The van der Waals surface area contributed by atoms with Crippen molar-refractivity contribution in [2.75, 3.05) is 14.2 Å². The van der Waals surface area contributed by atoms with Crippen molar-refractivity contribution in [2.45, 2.75) is 12.5 Å². The maximum absolute atomic E-state index is 12.5. The summed E-state index contributed by atoms with van der Waals surface area (Å²) in [5.41, 5.74) is 1.73. The summed E-state index contributed by atoms with van der Waals surface area (Å²) in [5, 5.41) is 15.8. The Balaban J connectivity index is 1.84. The van der Waals surface area contributed by atoms with Crippen molar-refractivity contribution < 1.29 is 37.3 Å². The molecule has 8 nitrogen and oxygen atoms in total. The number of methoxy groups -OCH3 is 2. The summed E-state index contributed by atoms with van der Waals surface area (Å²) in [6.45, 7) is 0. The number of nitrogens with zero attached hydrogens (tertiary/aromatic N) is 3. The Labute approximate surface area is 191 Å². The summed E-state index contributed by atoms with van der Waals surface area (Å²) >= 11 is 0. The van der Waals surface area contributed by atoms with E-state index >= 15 is 0 Å². The number of esters is 1. The van der Waals surface area contributed by atoms with E-state index in [1.54, 1.807) is 24.4 Å². The average molecular weight is 473 g/mol. The third kappa shape index (κ3) is 4.64. The summed E-state index contributed by atoms with van der Waals surface area (Å²) in [4.78, 5) is 16.1. The zero-order valence-corrected chi connectivity index (χ0v) is 17.9. The highest BCUT2D eigenvalue weighted by Crippen LogP contribution is 2.36. The fraction of sp³-hybridized carbons (Fsp3) is 0.174. The lowest BCUT2D eigenvalue weighted by Crippen LogP contribution is -2.16. The molecule has 11 heteroatoms. The van der Waals surface area contributed by atoms with Crippen molar-refractivity contribution in [3.63, 3.8) is 0 Å². The molecule has 1 unspecified atom stereocenters. The van der Waals surface area contributed by atoms with Gasteiger partial charge in [0.2, 0.25) is 0 Å². The Bertz CT molecular complexity index is 1340. The molecule has 1 aromatic carbocycles. The highest BCUT2D eigenvalue weighted by Gasteiger charge is 2.31. The molecule has 1 atom stereocenters.